The molecule has 0 spiro atoms. The Kier molecular flexibility index (Phi) is 4.21. The Morgan fingerprint density at radius 1 is 1.55 bits per heavy atom. The maximum Gasteiger partial charge on any atom is 0.345 e. The van der Waals surface area contributed by atoms with Gasteiger partial charge in [-0.3, -0.25) is 4.68 Å². The van der Waals surface area contributed by atoms with Gasteiger partial charge >= 0.3 is 5.97 Å². The summed E-state index contributed by atoms with van der Waals surface area (Å²) in [6, 6.07) is 1.15. The molecule has 0 aliphatic rings. The lowest BCUT2D eigenvalue weighted by molar-refractivity contribution is 0.0702. The number of hydrogen-bond acceptors (Lipinski definition) is 5. The summed E-state index contributed by atoms with van der Waals surface area (Å²) < 4.78 is 27.9. The van der Waals surface area contributed by atoms with Crippen molar-refractivity contribution in [2.24, 2.45) is 0 Å². The smallest absolute Gasteiger partial charge is 0.345 e. The number of nitrogens with zero attached hydrogens (tertiary/aromatic N) is 2. The van der Waals surface area contributed by atoms with Gasteiger partial charge in [0.2, 0.25) is 10.0 Å². The summed E-state index contributed by atoms with van der Waals surface area (Å²) in [6.07, 6.45) is 3.49. The molecule has 2 aromatic rings. The number of carbonyl (C=O) groups is 1. The van der Waals surface area contributed by atoms with Crippen LogP contribution in [0.1, 0.15) is 15.2 Å². The summed E-state index contributed by atoms with van der Waals surface area (Å²) >= 11 is 0.881. The van der Waals surface area contributed by atoms with Crippen LogP contribution in [-0.4, -0.2) is 35.8 Å². The Balaban J connectivity index is 1.98. The minimum Gasteiger partial charge on any atom is -0.477 e. The average Bonchev–Trinajstić information content (AvgIpc) is 2.98. The first-order chi connectivity index (χ1) is 9.38. The molecule has 108 valence electrons. The standard InChI is InChI=1S/C11H13N3O4S2/c1-8-5-12-14(6-8)3-2-13-20(17,18)9-4-10(11(15)16)19-7-9/h4-7,13H,2-3H2,1H3,(H,15,16). The molecule has 0 amide bonds. The van der Waals surface area contributed by atoms with Crippen LogP contribution in [0.4, 0.5) is 0 Å². The highest BCUT2D eigenvalue weighted by Gasteiger charge is 2.17. The van der Waals surface area contributed by atoms with Crippen LogP contribution in [0.15, 0.2) is 28.7 Å². The molecule has 0 radical (unpaired) electrons. The lowest BCUT2D eigenvalue weighted by Crippen LogP contribution is -2.27. The summed E-state index contributed by atoms with van der Waals surface area (Å²) in [5, 5.41) is 14.1. The normalized spacial score (nSPS) is 11.7. The second kappa shape index (κ2) is 5.73. The molecule has 20 heavy (non-hydrogen) atoms. The number of aromatic nitrogens is 2. The molecule has 2 heterocycles. The summed E-state index contributed by atoms with van der Waals surface area (Å²) in [5.74, 6) is -1.14. The Morgan fingerprint density at radius 2 is 2.30 bits per heavy atom. The van der Waals surface area contributed by atoms with E-state index in [1.54, 1.807) is 17.1 Å². The zero-order valence-electron chi connectivity index (χ0n) is 10.6. The Hall–Kier alpha value is -1.71. The highest BCUT2D eigenvalue weighted by molar-refractivity contribution is 7.89. The van der Waals surface area contributed by atoms with Crippen LogP contribution in [0.2, 0.25) is 0 Å². The fraction of sp³-hybridized carbons (Fsp3) is 0.273. The molecule has 0 bridgehead atoms. The molecule has 2 rings (SSSR count). The lowest BCUT2D eigenvalue weighted by Gasteiger charge is -2.05. The Bertz CT molecular complexity index is 718. The summed E-state index contributed by atoms with van der Waals surface area (Å²) in [6.45, 7) is 2.48. The molecule has 0 saturated carbocycles. The van der Waals surface area contributed by atoms with Crippen LogP contribution >= 0.6 is 11.3 Å². The van der Waals surface area contributed by atoms with Crippen molar-refractivity contribution in [2.45, 2.75) is 18.4 Å². The first-order valence-electron chi connectivity index (χ1n) is 5.69. The van der Waals surface area contributed by atoms with Gasteiger partial charge in [-0.05, 0) is 18.6 Å². The third kappa shape index (κ3) is 3.44. The monoisotopic (exact) mass is 315 g/mol. The number of carboxylic acids is 1. The number of sulfonamides is 1. The topological polar surface area (TPSA) is 101 Å². The fourth-order valence-electron chi connectivity index (χ4n) is 1.54. The Labute approximate surface area is 119 Å². The highest BCUT2D eigenvalue weighted by Crippen LogP contribution is 2.18. The second-order valence-electron chi connectivity index (χ2n) is 4.13. The van der Waals surface area contributed by atoms with Gasteiger partial charge in [0.15, 0.2) is 0 Å². The molecule has 2 N–H and O–H groups in total. The minimum atomic E-state index is -3.68. The van der Waals surface area contributed by atoms with Gasteiger partial charge in [-0.1, -0.05) is 0 Å². The van der Waals surface area contributed by atoms with Gasteiger partial charge in [0.05, 0.1) is 17.6 Å². The molecular weight excluding hydrogens is 302 g/mol. The van der Waals surface area contributed by atoms with Crippen molar-refractivity contribution in [3.8, 4) is 0 Å². The van der Waals surface area contributed by atoms with Crippen LogP contribution in [-0.2, 0) is 16.6 Å². The maximum atomic E-state index is 11.9. The van der Waals surface area contributed by atoms with E-state index in [2.05, 4.69) is 9.82 Å². The van der Waals surface area contributed by atoms with Crippen molar-refractivity contribution in [3.05, 3.63) is 34.3 Å². The Morgan fingerprint density at radius 3 is 2.85 bits per heavy atom. The molecule has 0 aromatic carbocycles. The van der Waals surface area contributed by atoms with E-state index >= 15 is 0 Å². The van der Waals surface area contributed by atoms with Crippen LogP contribution < -0.4 is 4.72 Å². The van der Waals surface area contributed by atoms with E-state index in [0.717, 1.165) is 23.0 Å². The first-order valence-corrected chi connectivity index (χ1v) is 8.05. The number of aryl methyl sites for hydroxylation is 1. The highest BCUT2D eigenvalue weighted by atomic mass is 32.2. The number of nitrogens with one attached hydrogen (secondary N) is 1. The van der Waals surface area contributed by atoms with E-state index in [-0.39, 0.29) is 16.3 Å². The minimum absolute atomic E-state index is 0.00641. The van der Waals surface area contributed by atoms with Crippen molar-refractivity contribution in [3.63, 3.8) is 0 Å². The van der Waals surface area contributed by atoms with E-state index in [9.17, 15) is 13.2 Å². The average molecular weight is 315 g/mol. The SMILES string of the molecule is Cc1cnn(CCNS(=O)(=O)c2csc(C(=O)O)c2)c1. The molecule has 0 aliphatic carbocycles. The van der Waals surface area contributed by atoms with Crippen molar-refractivity contribution >= 4 is 27.3 Å². The summed E-state index contributed by atoms with van der Waals surface area (Å²) in [5.41, 5.74) is 0.997. The molecule has 0 aliphatic heterocycles. The molecule has 9 heteroatoms. The van der Waals surface area contributed by atoms with E-state index < -0.39 is 16.0 Å². The molecule has 0 atom stereocenters. The predicted molar refractivity (Wildman–Crippen MR) is 73.4 cm³/mol. The van der Waals surface area contributed by atoms with Gasteiger partial charge in [0.1, 0.15) is 4.88 Å². The van der Waals surface area contributed by atoms with E-state index in [1.807, 2.05) is 6.92 Å². The van der Waals surface area contributed by atoms with Crippen LogP contribution in [0.25, 0.3) is 0 Å². The predicted octanol–water partition coefficient (Wildman–Crippen LogP) is 0.930. The fourth-order valence-corrected chi connectivity index (χ4v) is 3.67. The maximum absolute atomic E-state index is 11.9. The quantitative estimate of drug-likeness (QED) is 0.826. The zero-order chi connectivity index (χ0) is 14.8. The molecular formula is C11H13N3O4S2. The van der Waals surface area contributed by atoms with Gasteiger partial charge in [-0.15, -0.1) is 11.3 Å². The van der Waals surface area contributed by atoms with E-state index in [0.29, 0.717) is 6.54 Å². The zero-order valence-corrected chi connectivity index (χ0v) is 12.2. The summed E-state index contributed by atoms with van der Waals surface area (Å²) in [7, 11) is -3.68. The van der Waals surface area contributed by atoms with Crippen molar-refractivity contribution in [1.82, 2.24) is 14.5 Å². The van der Waals surface area contributed by atoms with Crippen molar-refractivity contribution in [2.75, 3.05) is 6.54 Å². The first kappa shape index (κ1) is 14.7. The van der Waals surface area contributed by atoms with E-state index in [4.69, 9.17) is 5.11 Å². The number of aromatic carboxylic acids is 1. The van der Waals surface area contributed by atoms with E-state index in [1.165, 1.54) is 5.38 Å². The van der Waals surface area contributed by atoms with Gasteiger partial charge in [0.25, 0.3) is 0 Å². The third-order valence-electron chi connectivity index (χ3n) is 2.49. The third-order valence-corrected chi connectivity index (χ3v) is 5.00. The second-order valence-corrected chi connectivity index (χ2v) is 6.81. The molecule has 7 nitrogen and oxygen atoms in total. The van der Waals surface area contributed by atoms with Gasteiger partial charge in [0, 0.05) is 18.1 Å². The van der Waals surface area contributed by atoms with Gasteiger partial charge in [-0.25, -0.2) is 17.9 Å². The van der Waals surface area contributed by atoms with Gasteiger partial charge < -0.3 is 5.11 Å². The van der Waals surface area contributed by atoms with Crippen LogP contribution in [0, 0.1) is 6.92 Å². The number of hydrogen-bond donors (Lipinski definition) is 2. The van der Waals surface area contributed by atoms with Crippen LogP contribution in [0.3, 0.4) is 0 Å². The molecule has 0 unspecified atom stereocenters. The molecule has 0 fully saturated rings. The van der Waals surface area contributed by atoms with Gasteiger partial charge in [-0.2, -0.15) is 5.10 Å². The molecule has 0 saturated heterocycles. The van der Waals surface area contributed by atoms with Crippen molar-refractivity contribution < 1.29 is 18.3 Å². The van der Waals surface area contributed by atoms with Crippen LogP contribution in [0.5, 0.6) is 0 Å². The lowest BCUT2D eigenvalue weighted by atomic mass is 10.4. The number of rotatable bonds is 6. The number of thiophene rings is 1. The van der Waals surface area contributed by atoms with Crippen molar-refractivity contribution in [1.29, 1.82) is 0 Å². The number of carboxylic acid groups (broad SMARTS) is 1. The summed E-state index contributed by atoms with van der Waals surface area (Å²) in [4.78, 5) is 10.7. The largest absolute Gasteiger partial charge is 0.477 e. The molecule has 2 aromatic heterocycles.